The summed E-state index contributed by atoms with van der Waals surface area (Å²) in [5, 5.41) is 22.1. The molecule has 2 aromatic rings. The minimum absolute atomic E-state index is 0.127. The number of amides is 1. The van der Waals surface area contributed by atoms with Gasteiger partial charge in [0.2, 0.25) is 0 Å². The van der Waals surface area contributed by atoms with Crippen LogP contribution in [0.4, 0.5) is 18.9 Å². The van der Waals surface area contributed by atoms with Crippen LogP contribution in [0.15, 0.2) is 48.5 Å². The van der Waals surface area contributed by atoms with E-state index in [1.54, 1.807) is 0 Å². The first-order valence-electron chi connectivity index (χ1n) is 7.52. The predicted octanol–water partition coefficient (Wildman–Crippen LogP) is 3.04. The highest BCUT2D eigenvalue weighted by atomic mass is 19.4. The van der Waals surface area contributed by atoms with Gasteiger partial charge in [-0.1, -0.05) is 12.1 Å². The van der Waals surface area contributed by atoms with Crippen LogP contribution in [-0.4, -0.2) is 27.9 Å². The van der Waals surface area contributed by atoms with Crippen LogP contribution in [0.2, 0.25) is 0 Å². The molecule has 2 N–H and O–H groups in total. The van der Waals surface area contributed by atoms with Gasteiger partial charge < -0.3 is 10.4 Å². The van der Waals surface area contributed by atoms with E-state index in [2.05, 4.69) is 5.32 Å². The van der Waals surface area contributed by atoms with Gasteiger partial charge in [-0.2, -0.15) is 13.2 Å². The summed E-state index contributed by atoms with van der Waals surface area (Å²) in [6, 6.07) is 7.10. The zero-order valence-electron chi connectivity index (χ0n) is 13.6. The molecule has 2 aromatic carbocycles. The highest BCUT2D eigenvalue weighted by Crippen LogP contribution is 2.29. The number of carbonyl (C=O) groups is 2. The second-order valence-corrected chi connectivity index (χ2v) is 5.57. The standard InChI is InChI=1S/C17H13F3N2O5/c18-17(19,20)12-5-3-11(4-6-12)15(23)21-14(16(24)25)9-10-1-7-13(8-2-10)22(26)27/h1-8,14H,9H2,(H,21,23)(H,24,25)/t14-/m1/s1. The average Bonchev–Trinajstić information content (AvgIpc) is 2.60. The molecule has 0 saturated carbocycles. The number of halogens is 3. The van der Waals surface area contributed by atoms with Gasteiger partial charge in [-0.15, -0.1) is 0 Å². The third-order valence-electron chi connectivity index (χ3n) is 3.66. The van der Waals surface area contributed by atoms with Gasteiger partial charge in [0.1, 0.15) is 6.04 Å². The molecule has 0 aliphatic rings. The third kappa shape index (κ3) is 5.27. The number of non-ortho nitro benzene ring substituents is 1. The lowest BCUT2D eigenvalue weighted by atomic mass is 10.0. The molecule has 0 fully saturated rings. The van der Waals surface area contributed by atoms with Crippen molar-refractivity contribution in [3.05, 3.63) is 75.3 Å². The Kier molecular flexibility index (Phi) is 5.78. The number of nitro benzene ring substituents is 1. The normalized spacial score (nSPS) is 12.3. The fraction of sp³-hybridized carbons (Fsp3) is 0.176. The number of nitrogens with one attached hydrogen (secondary N) is 1. The molecule has 0 radical (unpaired) electrons. The van der Waals surface area contributed by atoms with Crippen molar-refractivity contribution in [1.82, 2.24) is 5.32 Å². The molecule has 0 aromatic heterocycles. The smallest absolute Gasteiger partial charge is 0.416 e. The summed E-state index contributed by atoms with van der Waals surface area (Å²) < 4.78 is 37.6. The molecule has 1 atom stereocenters. The van der Waals surface area contributed by atoms with Crippen molar-refractivity contribution in [2.24, 2.45) is 0 Å². The topological polar surface area (TPSA) is 110 Å². The molecular formula is C17H13F3N2O5. The number of alkyl halides is 3. The molecule has 0 heterocycles. The number of aliphatic carboxylic acids is 1. The highest BCUT2D eigenvalue weighted by Gasteiger charge is 2.30. The minimum Gasteiger partial charge on any atom is -0.480 e. The molecular weight excluding hydrogens is 369 g/mol. The zero-order valence-corrected chi connectivity index (χ0v) is 13.6. The molecule has 0 aliphatic carbocycles. The second-order valence-electron chi connectivity index (χ2n) is 5.57. The first kappa shape index (κ1) is 19.9. The fourth-order valence-electron chi connectivity index (χ4n) is 2.24. The molecule has 0 bridgehead atoms. The van der Waals surface area contributed by atoms with Crippen LogP contribution in [0.5, 0.6) is 0 Å². The molecule has 27 heavy (non-hydrogen) atoms. The summed E-state index contributed by atoms with van der Waals surface area (Å²) in [4.78, 5) is 33.5. The van der Waals surface area contributed by atoms with E-state index in [0.717, 1.165) is 24.3 Å². The minimum atomic E-state index is -4.55. The Labute approximate surface area is 150 Å². The third-order valence-corrected chi connectivity index (χ3v) is 3.66. The van der Waals surface area contributed by atoms with E-state index in [-0.39, 0.29) is 17.7 Å². The van der Waals surface area contributed by atoms with Crippen molar-refractivity contribution in [2.45, 2.75) is 18.6 Å². The lowest BCUT2D eigenvalue weighted by Crippen LogP contribution is -2.42. The first-order valence-corrected chi connectivity index (χ1v) is 7.52. The van der Waals surface area contributed by atoms with Gasteiger partial charge in [0, 0.05) is 24.1 Å². The van der Waals surface area contributed by atoms with Crippen molar-refractivity contribution in [2.75, 3.05) is 0 Å². The van der Waals surface area contributed by atoms with Gasteiger partial charge in [0.15, 0.2) is 0 Å². The summed E-state index contributed by atoms with van der Waals surface area (Å²) in [7, 11) is 0. The Balaban J connectivity index is 2.10. The lowest BCUT2D eigenvalue weighted by molar-refractivity contribution is -0.384. The maximum atomic E-state index is 12.5. The van der Waals surface area contributed by atoms with E-state index < -0.39 is 34.6 Å². The van der Waals surface area contributed by atoms with Crippen molar-refractivity contribution in [1.29, 1.82) is 0 Å². The Morgan fingerprint density at radius 2 is 1.63 bits per heavy atom. The maximum Gasteiger partial charge on any atom is 0.416 e. The highest BCUT2D eigenvalue weighted by molar-refractivity contribution is 5.96. The van der Waals surface area contributed by atoms with Crippen LogP contribution in [0.3, 0.4) is 0 Å². The number of carboxylic acids is 1. The largest absolute Gasteiger partial charge is 0.480 e. The number of hydrogen-bond acceptors (Lipinski definition) is 4. The molecule has 2 rings (SSSR count). The van der Waals surface area contributed by atoms with Gasteiger partial charge in [0.25, 0.3) is 11.6 Å². The van der Waals surface area contributed by atoms with Crippen LogP contribution in [0.25, 0.3) is 0 Å². The van der Waals surface area contributed by atoms with Crippen LogP contribution in [-0.2, 0) is 17.4 Å². The van der Waals surface area contributed by atoms with Crippen molar-refractivity contribution in [3.8, 4) is 0 Å². The summed E-state index contributed by atoms with van der Waals surface area (Å²) in [5.41, 5.74) is -0.794. The van der Waals surface area contributed by atoms with Crippen LogP contribution >= 0.6 is 0 Å². The van der Waals surface area contributed by atoms with E-state index in [4.69, 9.17) is 0 Å². The number of rotatable bonds is 6. The Hall–Kier alpha value is -3.43. The molecule has 0 spiro atoms. The number of hydrogen-bond donors (Lipinski definition) is 2. The molecule has 0 saturated heterocycles. The van der Waals surface area contributed by atoms with E-state index in [1.165, 1.54) is 24.3 Å². The van der Waals surface area contributed by atoms with E-state index >= 15 is 0 Å². The molecule has 1 amide bonds. The summed E-state index contributed by atoms with van der Waals surface area (Å²) in [5.74, 6) is -2.20. The second kappa shape index (κ2) is 7.85. The van der Waals surface area contributed by atoms with Crippen LogP contribution in [0, 0.1) is 10.1 Å². The van der Waals surface area contributed by atoms with Gasteiger partial charge in [-0.3, -0.25) is 14.9 Å². The Morgan fingerprint density at radius 1 is 1.07 bits per heavy atom. The average molecular weight is 382 g/mol. The van der Waals surface area contributed by atoms with Gasteiger partial charge in [-0.25, -0.2) is 4.79 Å². The van der Waals surface area contributed by atoms with Crippen LogP contribution in [0.1, 0.15) is 21.5 Å². The van der Waals surface area contributed by atoms with Crippen molar-refractivity contribution in [3.63, 3.8) is 0 Å². The van der Waals surface area contributed by atoms with Gasteiger partial charge in [-0.05, 0) is 29.8 Å². The molecule has 10 heteroatoms. The lowest BCUT2D eigenvalue weighted by Gasteiger charge is -2.15. The maximum absolute atomic E-state index is 12.5. The van der Waals surface area contributed by atoms with Crippen LogP contribution < -0.4 is 5.32 Å². The fourth-order valence-corrected chi connectivity index (χ4v) is 2.24. The van der Waals surface area contributed by atoms with E-state index in [1.807, 2.05) is 0 Å². The monoisotopic (exact) mass is 382 g/mol. The van der Waals surface area contributed by atoms with Crippen molar-refractivity contribution < 1.29 is 32.8 Å². The molecule has 142 valence electrons. The Morgan fingerprint density at radius 3 is 2.07 bits per heavy atom. The predicted molar refractivity (Wildman–Crippen MR) is 87.1 cm³/mol. The first-order chi connectivity index (χ1) is 12.6. The molecule has 0 aliphatic heterocycles. The molecule has 0 unspecified atom stereocenters. The van der Waals surface area contributed by atoms with Gasteiger partial charge in [0.05, 0.1) is 10.5 Å². The summed E-state index contributed by atoms with van der Waals surface area (Å²) in [6.45, 7) is 0. The molecule has 7 nitrogen and oxygen atoms in total. The Bertz CT molecular complexity index is 848. The SMILES string of the molecule is O=C(N[C@H](Cc1ccc([N+](=O)[O-])cc1)C(=O)O)c1ccc(C(F)(F)F)cc1. The van der Waals surface area contributed by atoms with E-state index in [0.29, 0.717) is 5.56 Å². The number of benzene rings is 2. The number of carboxylic acid groups (broad SMARTS) is 1. The number of carbonyl (C=O) groups excluding carboxylic acids is 1. The summed E-state index contributed by atoms with van der Waals surface area (Å²) in [6.07, 6.45) is -4.70. The van der Waals surface area contributed by atoms with Crippen molar-refractivity contribution >= 4 is 17.6 Å². The van der Waals surface area contributed by atoms with E-state index in [9.17, 15) is 38.0 Å². The summed E-state index contributed by atoms with van der Waals surface area (Å²) >= 11 is 0. The zero-order chi connectivity index (χ0) is 20.2. The number of nitro groups is 1. The quantitative estimate of drug-likeness (QED) is 0.590. The van der Waals surface area contributed by atoms with Gasteiger partial charge >= 0.3 is 12.1 Å². The number of nitrogens with zero attached hydrogens (tertiary/aromatic N) is 1.